The first-order valence-corrected chi connectivity index (χ1v) is 9.00. The number of hydrogen-bond donors (Lipinski definition) is 1. The third-order valence-electron chi connectivity index (χ3n) is 4.35. The molecule has 5 heteroatoms. The molecule has 1 aromatic heterocycles. The SMILES string of the molecule is Cc1nc(Nc2ccc(C(C)C)cc2)cc(C(=O)N(C)c2ccccc2)n1. The molecule has 0 unspecified atom stereocenters. The molecule has 0 spiro atoms. The molecule has 0 aliphatic carbocycles. The van der Waals surface area contributed by atoms with E-state index in [1.807, 2.05) is 42.5 Å². The van der Waals surface area contributed by atoms with Crippen LogP contribution in [0.25, 0.3) is 0 Å². The molecule has 1 N–H and O–H groups in total. The number of carbonyl (C=O) groups is 1. The maximum Gasteiger partial charge on any atom is 0.276 e. The van der Waals surface area contributed by atoms with Gasteiger partial charge in [0.25, 0.3) is 5.91 Å². The Morgan fingerprint density at radius 1 is 1.00 bits per heavy atom. The van der Waals surface area contributed by atoms with E-state index < -0.39 is 0 Å². The van der Waals surface area contributed by atoms with Crippen LogP contribution in [0.4, 0.5) is 17.2 Å². The normalized spacial score (nSPS) is 10.7. The Morgan fingerprint density at radius 3 is 2.30 bits per heavy atom. The number of anilines is 3. The smallest absolute Gasteiger partial charge is 0.276 e. The van der Waals surface area contributed by atoms with Crippen molar-refractivity contribution in [2.24, 2.45) is 0 Å². The van der Waals surface area contributed by atoms with Gasteiger partial charge in [0, 0.05) is 24.5 Å². The van der Waals surface area contributed by atoms with Crippen molar-refractivity contribution in [2.75, 3.05) is 17.3 Å². The van der Waals surface area contributed by atoms with Crippen LogP contribution < -0.4 is 10.2 Å². The quantitative estimate of drug-likeness (QED) is 0.701. The summed E-state index contributed by atoms with van der Waals surface area (Å²) in [6.45, 7) is 6.11. The highest BCUT2D eigenvalue weighted by atomic mass is 16.2. The highest BCUT2D eigenvalue weighted by molar-refractivity contribution is 6.04. The van der Waals surface area contributed by atoms with E-state index >= 15 is 0 Å². The highest BCUT2D eigenvalue weighted by Gasteiger charge is 2.16. The molecule has 2 aromatic carbocycles. The van der Waals surface area contributed by atoms with E-state index in [0.717, 1.165) is 11.4 Å². The standard InChI is InChI=1S/C22H24N4O/c1-15(2)17-10-12-18(13-11-17)25-21-14-20(23-16(3)24-21)22(27)26(4)19-8-6-5-7-9-19/h5-15H,1-4H3,(H,23,24,25). The predicted octanol–water partition coefficient (Wildman–Crippen LogP) is 4.93. The van der Waals surface area contributed by atoms with E-state index in [1.54, 1.807) is 24.9 Å². The Labute approximate surface area is 160 Å². The Balaban J connectivity index is 1.82. The topological polar surface area (TPSA) is 58.1 Å². The molecule has 0 fully saturated rings. The number of carbonyl (C=O) groups excluding carboxylic acids is 1. The van der Waals surface area contributed by atoms with Crippen molar-refractivity contribution in [3.63, 3.8) is 0 Å². The number of aromatic nitrogens is 2. The second-order valence-electron chi connectivity index (χ2n) is 6.79. The molecule has 0 aliphatic heterocycles. The Bertz CT molecular complexity index is 921. The van der Waals surface area contributed by atoms with Crippen molar-refractivity contribution in [1.29, 1.82) is 0 Å². The molecular weight excluding hydrogens is 336 g/mol. The van der Waals surface area contributed by atoms with Gasteiger partial charge in [0.05, 0.1) is 0 Å². The van der Waals surface area contributed by atoms with Gasteiger partial charge in [0.2, 0.25) is 0 Å². The van der Waals surface area contributed by atoms with E-state index in [2.05, 4.69) is 41.3 Å². The van der Waals surface area contributed by atoms with Gasteiger partial charge in [0.1, 0.15) is 17.3 Å². The third-order valence-corrected chi connectivity index (χ3v) is 4.35. The monoisotopic (exact) mass is 360 g/mol. The first-order valence-electron chi connectivity index (χ1n) is 9.00. The number of nitrogens with one attached hydrogen (secondary N) is 1. The summed E-state index contributed by atoms with van der Waals surface area (Å²) >= 11 is 0. The van der Waals surface area contributed by atoms with E-state index in [9.17, 15) is 4.79 Å². The first-order chi connectivity index (χ1) is 12.9. The molecule has 1 heterocycles. The number of nitrogens with zero attached hydrogens (tertiary/aromatic N) is 3. The maximum atomic E-state index is 12.8. The Hall–Kier alpha value is -3.21. The summed E-state index contributed by atoms with van der Waals surface area (Å²) in [5.74, 6) is 1.45. The zero-order chi connectivity index (χ0) is 19.4. The Kier molecular flexibility index (Phi) is 5.50. The summed E-state index contributed by atoms with van der Waals surface area (Å²) in [6, 6.07) is 19.4. The molecule has 0 saturated heterocycles. The van der Waals surface area contributed by atoms with Crippen molar-refractivity contribution in [3.8, 4) is 0 Å². The van der Waals surface area contributed by atoms with Crippen LogP contribution in [0.2, 0.25) is 0 Å². The number of amides is 1. The number of benzene rings is 2. The molecular formula is C22H24N4O. The lowest BCUT2D eigenvalue weighted by molar-refractivity contribution is 0.0988. The minimum Gasteiger partial charge on any atom is -0.340 e. The molecule has 0 radical (unpaired) electrons. The van der Waals surface area contributed by atoms with Gasteiger partial charge in [-0.15, -0.1) is 0 Å². The van der Waals surface area contributed by atoms with Crippen molar-refractivity contribution in [1.82, 2.24) is 9.97 Å². The lowest BCUT2D eigenvalue weighted by atomic mass is 10.0. The van der Waals surface area contributed by atoms with Crippen molar-refractivity contribution in [3.05, 3.63) is 77.7 Å². The van der Waals surface area contributed by atoms with Crippen LogP contribution in [0.15, 0.2) is 60.7 Å². The molecule has 138 valence electrons. The van der Waals surface area contributed by atoms with Crippen molar-refractivity contribution in [2.45, 2.75) is 26.7 Å². The summed E-state index contributed by atoms with van der Waals surface area (Å²) in [5.41, 5.74) is 3.37. The predicted molar refractivity (Wildman–Crippen MR) is 110 cm³/mol. The van der Waals surface area contributed by atoms with Gasteiger partial charge in [-0.1, -0.05) is 44.2 Å². The first kappa shape index (κ1) is 18.6. The third kappa shape index (κ3) is 4.50. The molecule has 27 heavy (non-hydrogen) atoms. The van der Waals surface area contributed by atoms with Crippen LogP contribution in [0.5, 0.6) is 0 Å². The highest BCUT2D eigenvalue weighted by Crippen LogP contribution is 2.21. The van der Waals surface area contributed by atoms with E-state index in [-0.39, 0.29) is 5.91 Å². The lowest BCUT2D eigenvalue weighted by Crippen LogP contribution is -2.27. The molecule has 1 amide bonds. The van der Waals surface area contributed by atoms with Gasteiger partial charge in [-0.05, 0) is 42.7 Å². The fraction of sp³-hybridized carbons (Fsp3) is 0.227. The second-order valence-corrected chi connectivity index (χ2v) is 6.79. The summed E-state index contributed by atoms with van der Waals surface area (Å²) in [4.78, 5) is 23.1. The second kappa shape index (κ2) is 7.99. The summed E-state index contributed by atoms with van der Waals surface area (Å²) < 4.78 is 0. The summed E-state index contributed by atoms with van der Waals surface area (Å²) in [7, 11) is 1.74. The zero-order valence-electron chi connectivity index (χ0n) is 16.1. The number of aryl methyl sites for hydroxylation is 1. The van der Waals surface area contributed by atoms with Crippen LogP contribution in [-0.2, 0) is 0 Å². The number of rotatable bonds is 5. The largest absolute Gasteiger partial charge is 0.340 e. The minimum absolute atomic E-state index is 0.176. The van der Waals surface area contributed by atoms with Crippen LogP contribution in [-0.4, -0.2) is 22.9 Å². The van der Waals surface area contributed by atoms with Gasteiger partial charge in [0.15, 0.2) is 0 Å². The van der Waals surface area contributed by atoms with Gasteiger partial charge in [-0.25, -0.2) is 9.97 Å². The maximum absolute atomic E-state index is 12.8. The average Bonchev–Trinajstić information content (AvgIpc) is 2.67. The number of hydrogen-bond acceptors (Lipinski definition) is 4. The van der Waals surface area contributed by atoms with Crippen LogP contribution in [0, 0.1) is 6.92 Å². The van der Waals surface area contributed by atoms with Crippen molar-refractivity contribution < 1.29 is 4.79 Å². The van der Waals surface area contributed by atoms with Crippen LogP contribution >= 0.6 is 0 Å². The van der Waals surface area contributed by atoms with Gasteiger partial charge >= 0.3 is 0 Å². The van der Waals surface area contributed by atoms with E-state index in [4.69, 9.17) is 0 Å². The van der Waals surface area contributed by atoms with Gasteiger partial charge in [-0.3, -0.25) is 4.79 Å². The summed E-state index contributed by atoms with van der Waals surface area (Å²) in [5, 5.41) is 3.26. The fourth-order valence-electron chi connectivity index (χ4n) is 2.78. The Morgan fingerprint density at radius 2 is 1.67 bits per heavy atom. The molecule has 3 rings (SSSR count). The molecule has 0 atom stereocenters. The zero-order valence-corrected chi connectivity index (χ0v) is 16.1. The molecule has 3 aromatic rings. The lowest BCUT2D eigenvalue weighted by Gasteiger charge is -2.17. The van der Waals surface area contributed by atoms with E-state index in [0.29, 0.717) is 23.3 Å². The van der Waals surface area contributed by atoms with Gasteiger partial charge in [-0.2, -0.15) is 0 Å². The molecule has 0 bridgehead atoms. The van der Waals surface area contributed by atoms with Crippen LogP contribution in [0.1, 0.15) is 41.6 Å². The molecule has 5 nitrogen and oxygen atoms in total. The minimum atomic E-state index is -0.176. The molecule has 0 saturated carbocycles. The number of para-hydroxylation sites is 1. The fourth-order valence-corrected chi connectivity index (χ4v) is 2.78. The van der Waals surface area contributed by atoms with Gasteiger partial charge < -0.3 is 10.2 Å². The van der Waals surface area contributed by atoms with Crippen molar-refractivity contribution >= 4 is 23.1 Å². The summed E-state index contributed by atoms with van der Waals surface area (Å²) in [6.07, 6.45) is 0. The van der Waals surface area contributed by atoms with Crippen LogP contribution in [0.3, 0.4) is 0 Å². The van der Waals surface area contributed by atoms with E-state index in [1.165, 1.54) is 5.56 Å². The molecule has 0 aliphatic rings. The average molecular weight is 360 g/mol.